The second-order valence-electron chi connectivity index (χ2n) is 8.87. The van der Waals surface area contributed by atoms with Crippen molar-refractivity contribution in [1.82, 2.24) is 15.2 Å². The number of nitrogens with one attached hydrogen (secondary N) is 1. The van der Waals surface area contributed by atoms with E-state index in [9.17, 15) is 9.59 Å². The Morgan fingerprint density at radius 2 is 1.81 bits per heavy atom. The van der Waals surface area contributed by atoms with Gasteiger partial charge in [0.25, 0.3) is 5.91 Å². The summed E-state index contributed by atoms with van der Waals surface area (Å²) in [6.07, 6.45) is 4.46. The zero-order chi connectivity index (χ0) is 22.6. The van der Waals surface area contributed by atoms with Crippen LogP contribution in [-0.4, -0.2) is 40.8 Å². The molecule has 2 amide bonds. The highest BCUT2D eigenvalue weighted by Crippen LogP contribution is 2.36. The number of amides is 2. The molecule has 5 nitrogen and oxygen atoms in total. The summed E-state index contributed by atoms with van der Waals surface area (Å²) in [7, 11) is 0. The highest BCUT2D eigenvalue weighted by Gasteiger charge is 2.46. The second-order valence-corrected chi connectivity index (χ2v) is 8.87. The molecule has 2 heterocycles. The number of carbonyl (C=O) groups excluding carboxylic acids is 2. The zero-order valence-corrected chi connectivity index (χ0v) is 18.6. The third-order valence-corrected chi connectivity index (χ3v) is 6.03. The number of aromatic nitrogens is 1. The summed E-state index contributed by atoms with van der Waals surface area (Å²) in [5.74, 6) is -0.0607. The monoisotopic (exact) mass is 427 g/mol. The van der Waals surface area contributed by atoms with E-state index in [0.29, 0.717) is 31.5 Å². The maximum absolute atomic E-state index is 13.4. The largest absolute Gasteiger partial charge is 0.353 e. The van der Waals surface area contributed by atoms with E-state index in [-0.39, 0.29) is 17.9 Å². The molecule has 0 saturated carbocycles. The Hall–Kier alpha value is -3.47. The van der Waals surface area contributed by atoms with Crippen LogP contribution < -0.4 is 5.32 Å². The first-order chi connectivity index (χ1) is 15.5. The molecular formula is C27H29N3O2. The highest BCUT2D eigenvalue weighted by molar-refractivity contribution is 5.95. The van der Waals surface area contributed by atoms with Gasteiger partial charge in [0.15, 0.2) is 0 Å². The average molecular weight is 428 g/mol. The normalized spacial score (nSPS) is 18.0. The third kappa shape index (κ3) is 4.72. The number of likely N-dealkylation sites (tertiary alicyclic amines) is 1. The molecule has 3 aromatic rings. The first-order valence-corrected chi connectivity index (χ1v) is 11.1. The quantitative estimate of drug-likeness (QED) is 0.636. The SMILES string of the molecule is CC(C)NC(=O)C1(Cc2cccc(-c3ccccc3)c2)CCN(C(=O)c2cccnc2)C1. The molecular weight excluding hydrogens is 398 g/mol. The van der Waals surface area contributed by atoms with Crippen LogP contribution in [0.15, 0.2) is 79.1 Å². The Morgan fingerprint density at radius 1 is 1.03 bits per heavy atom. The molecule has 1 saturated heterocycles. The first kappa shape index (κ1) is 21.8. The minimum atomic E-state index is -0.655. The molecule has 1 N–H and O–H groups in total. The smallest absolute Gasteiger partial charge is 0.255 e. The molecule has 1 unspecified atom stereocenters. The Kier molecular flexibility index (Phi) is 6.35. The lowest BCUT2D eigenvalue weighted by Crippen LogP contribution is -2.47. The van der Waals surface area contributed by atoms with Crippen LogP contribution in [0.5, 0.6) is 0 Å². The van der Waals surface area contributed by atoms with Crippen LogP contribution in [0.2, 0.25) is 0 Å². The van der Waals surface area contributed by atoms with Crippen molar-refractivity contribution in [2.24, 2.45) is 5.41 Å². The van der Waals surface area contributed by atoms with E-state index < -0.39 is 5.41 Å². The fourth-order valence-electron chi connectivity index (χ4n) is 4.43. The topological polar surface area (TPSA) is 62.3 Å². The molecule has 164 valence electrons. The lowest BCUT2D eigenvalue weighted by molar-refractivity contribution is -0.130. The predicted octanol–water partition coefficient (Wildman–Crippen LogP) is 4.35. The second kappa shape index (κ2) is 9.35. The number of rotatable bonds is 6. The summed E-state index contributed by atoms with van der Waals surface area (Å²) in [6, 6.07) is 22.2. The summed E-state index contributed by atoms with van der Waals surface area (Å²) in [4.78, 5) is 32.3. The Balaban J connectivity index is 1.61. The van der Waals surface area contributed by atoms with E-state index in [1.54, 1.807) is 29.4 Å². The summed E-state index contributed by atoms with van der Waals surface area (Å²) >= 11 is 0. The molecule has 0 spiro atoms. The average Bonchev–Trinajstić information content (AvgIpc) is 3.25. The zero-order valence-electron chi connectivity index (χ0n) is 18.6. The van der Waals surface area contributed by atoms with E-state index in [1.807, 2.05) is 38.1 Å². The standard InChI is InChI=1S/C27H29N3O2/c1-20(2)29-26(32)27(13-15-30(19-27)25(31)24-12-7-14-28-18-24)17-21-8-6-11-23(16-21)22-9-4-3-5-10-22/h3-12,14,16,18,20H,13,15,17,19H2,1-2H3,(H,29,32). The van der Waals surface area contributed by atoms with Crippen LogP contribution in [0.25, 0.3) is 11.1 Å². The number of hydrogen-bond donors (Lipinski definition) is 1. The van der Waals surface area contributed by atoms with Crippen LogP contribution >= 0.6 is 0 Å². The van der Waals surface area contributed by atoms with Gasteiger partial charge in [-0.3, -0.25) is 14.6 Å². The molecule has 1 aromatic heterocycles. The predicted molar refractivity (Wildman–Crippen MR) is 126 cm³/mol. The molecule has 1 fully saturated rings. The van der Waals surface area contributed by atoms with E-state index in [0.717, 1.165) is 16.7 Å². The van der Waals surface area contributed by atoms with E-state index in [2.05, 4.69) is 40.6 Å². The van der Waals surface area contributed by atoms with Gasteiger partial charge in [-0.05, 0) is 55.5 Å². The molecule has 1 atom stereocenters. The van der Waals surface area contributed by atoms with Gasteiger partial charge in [0, 0.05) is 31.5 Å². The van der Waals surface area contributed by atoms with Gasteiger partial charge in [-0.25, -0.2) is 0 Å². The minimum absolute atomic E-state index is 0.0131. The van der Waals surface area contributed by atoms with E-state index in [4.69, 9.17) is 0 Å². The van der Waals surface area contributed by atoms with Crippen LogP contribution in [0.3, 0.4) is 0 Å². The molecule has 5 heteroatoms. The van der Waals surface area contributed by atoms with E-state index >= 15 is 0 Å². The van der Waals surface area contributed by atoms with Crippen LogP contribution in [-0.2, 0) is 11.2 Å². The highest BCUT2D eigenvalue weighted by atomic mass is 16.2. The van der Waals surface area contributed by atoms with Crippen LogP contribution in [0.4, 0.5) is 0 Å². The van der Waals surface area contributed by atoms with Crippen molar-refractivity contribution in [2.75, 3.05) is 13.1 Å². The van der Waals surface area contributed by atoms with E-state index in [1.165, 1.54) is 0 Å². The lowest BCUT2D eigenvalue weighted by atomic mass is 9.79. The van der Waals surface area contributed by atoms with Crippen molar-refractivity contribution in [1.29, 1.82) is 0 Å². The minimum Gasteiger partial charge on any atom is -0.353 e. The fraction of sp³-hybridized carbons (Fsp3) is 0.296. The van der Waals surface area contributed by atoms with Crippen LogP contribution in [0, 0.1) is 5.41 Å². The number of benzene rings is 2. The van der Waals surface area contributed by atoms with Gasteiger partial charge in [0.1, 0.15) is 0 Å². The summed E-state index contributed by atoms with van der Waals surface area (Å²) in [5.41, 5.74) is 3.27. The van der Waals surface area contributed by atoms with Gasteiger partial charge in [-0.2, -0.15) is 0 Å². The van der Waals surface area contributed by atoms with Crippen LogP contribution in [0.1, 0.15) is 36.2 Å². The molecule has 0 radical (unpaired) electrons. The summed E-state index contributed by atoms with van der Waals surface area (Å²) in [5, 5.41) is 3.10. The van der Waals surface area contributed by atoms with Gasteiger partial charge in [-0.1, -0.05) is 54.6 Å². The van der Waals surface area contributed by atoms with Crippen molar-refractivity contribution in [3.05, 3.63) is 90.3 Å². The maximum atomic E-state index is 13.4. The van der Waals surface area contributed by atoms with Gasteiger partial charge in [-0.15, -0.1) is 0 Å². The number of pyridine rings is 1. The first-order valence-electron chi connectivity index (χ1n) is 11.1. The van der Waals surface area contributed by atoms with Gasteiger partial charge in [0.05, 0.1) is 11.0 Å². The summed E-state index contributed by atoms with van der Waals surface area (Å²) in [6.45, 7) is 4.89. The van der Waals surface area contributed by atoms with Crippen molar-refractivity contribution < 1.29 is 9.59 Å². The molecule has 2 aromatic carbocycles. The van der Waals surface area contributed by atoms with Gasteiger partial charge >= 0.3 is 0 Å². The van der Waals surface area contributed by atoms with Crippen molar-refractivity contribution in [3.8, 4) is 11.1 Å². The molecule has 32 heavy (non-hydrogen) atoms. The Labute approximate surface area is 189 Å². The van der Waals surface area contributed by atoms with Crippen molar-refractivity contribution in [2.45, 2.75) is 32.7 Å². The molecule has 1 aliphatic heterocycles. The molecule has 4 rings (SSSR count). The van der Waals surface area contributed by atoms with Gasteiger partial charge < -0.3 is 10.2 Å². The molecule has 1 aliphatic rings. The Morgan fingerprint density at radius 3 is 2.53 bits per heavy atom. The Bertz CT molecular complexity index is 1080. The number of carbonyl (C=O) groups is 2. The lowest BCUT2D eigenvalue weighted by Gasteiger charge is -2.29. The summed E-state index contributed by atoms with van der Waals surface area (Å²) < 4.78 is 0. The van der Waals surface area contributed by atoms with Crippen molar-refractivity contribution >= 4 is 11.8 Å². The maximum Gasteiger partial charge on any atom is 0.255 e. The molecule has 0 bridgehead atoms. The van der Waals surface area contributed by atoms with Crippen molar-refractivity contribution in [3.63, 3.8) is 0 Å². The number of nitrogens with zero attached hydrogens (tertiary/aromatic N) is 2. The number of hydrogen-bond acceptors (Lipinski definition) is 3. The molecule has 0 aliphatic carbocycles. The third-order valence-electron chi connectivity index (χ3n) is 6.03. The van der Waals surface area contributed by atoms with Gasteiger partial charge in [0.2, 0.25) is 5.91 Å². The fourth-order valence-corrected chi connectivity index (χ4v) is 4.43.